The third-order valence-electron chi connectivity index (χ3n) is 2.12. The summed E-state index contributed by atoms with van der Waals surface area (Å²) in [6.07, 6.45) is 4.29. The third kappa shape index (κ3) is 2.89. The first-order valence-corrected chi connectivity index (χ1v) is 4.21. The molecule has 0 unspecified atom stereocenters. The molecule has 0 heterocycles. The van der Waals surface area contributed by atoms with Gasteiger partial charge in [0.2, 0.25) is 5.91 Å². The molecule has 3 nitrogen and oxygen atoms in total. The van der Waals surface area contributed by atoms with Crippen LogP contribution in [0, 0.1) is 0 Å². The van der Waals surface area contributed by atoms with E-state index >= 15 is 0 Å². The summed E-state index contributed by atoms with van der Waals surface area (Å²) in [5, 5.41) is 2.89. The summed E-state index contributed by atoms with van der Waals surface area (Å²) in [6.45, 7) is 1.56. The molecule has 2 atom stereocenters. The number of rotatable bonds is 1. The lowest BCUT2D eigenvalue weighted by atomic mass is 9.92. The predicted molar refractivity (Wildman–Crippen MR) is 44.0 cm³/mol. The molecule has 0 radical (unpaired) electrons. The van der Waals surface area contributed by atoms with Crippen LogP contribution in [0.3, 0.4) is 0 Å². The highest BCUT2D eigenvalue weighted by atomic mass is 16.1. The summed E-state index contributed by atoms with van der Waals surface area (Å²) >= 11 is 0. The van der Waals surface area contributed by atoms with E-state index in [-0.39, 0.29) is 5.91 Å². The standard InChI is InChI=1S/C8H16N2O/c1-6(11)10-8-4-2-3-7(9)5-8/h7-8H,2-5,9H2,1H3,(H,10,11)/t7-,8+/m1/s1. The van der Waals surface area contributed by atoms with E-state index < -0.39 is 0 Å². The van der Waals surface area contributed by atoms with Gasteiger partial charge in [-0.1, -0.05) is 0 Å². The molecule has 1 amide bonds. The Hall–Kier alpha value is -0.570. The van der Waals surface area contributed by atoms with Crippen LogP contribution in [0.15, 0.2) is 0 Å². The van der Waals surface area contributed by atoms with Crippen LogP contribution >= 0.6 is 0 Å². The van der Waals surface area contributed by atoms with E-state index in [9.17, 15) is 4.79 Å². The van der Waals surface area contributed by atoms with Crippen LogP contribution in [0.25, 0.3) is 0 Å². The number of nitrogens with one attached hydrogen (secondary N) is 1. The molecule has 1 aliphatic carbocycles. The number of hydrogen-bond acceptors (Lipinski definition) is 2. The van der Waals surface area contributed by atoms with Crippen LogP contribution < -0.4 is 11.1 Å². The van der Waals surface area contributed by atoms with Crippen molar-refractivity contribution in [1.82, 2.24) is 5.32 Å². The molecule has 0 spiro atoms. The highest BCUT2D eigenvalue weighted by molar-refractivity contribution is 5.73. The van der Waals surface area contributed by atoms with Crippen molar-refractivity contribution in [2.45, 2.75) is 44.7 Å². The van der Waals surface area contributed by atoms with Crippen molar-refractivity contribution in [1.29, 1.82) is 0 Å². The minimum absolute atomic E-state index is 0.0594. The molecule has 64 valence electrons. The molecule has 0 aliphatic heterocycles. The Morgan fingerprint density at radius 1 is 1.55 bits per heavy atom. The first-order chi connectivity index (χ1) is 5.18. The molecular formula is C8H16N2O. The third-order valence-corrected chi connectivity index (χ3v) is 2.12. The fraction of sp³-hybridized carbons (Fsp3) is 0.875. The lowest BCUT2D eigenvalue weighted by Gasteiger charge is -2.26. The molecule has 0 saturated heterocycles. The van der Waals surface area contributed by atoms with Gasteiger partial charge in [0, 0.05) is 19.0 Å². The Kier molecular flexibility index (Phi) is 2.88. The Morgan fingerprint density at radius 2 is 2.27 bits per heavy atom. The van der Waals surface area contributed by atoms with Gasteiger partial charge in [0.15, 0.2) is 0 Å². The zero-order valence-corrected chi connectivity index (χ0v) is 6.97. The second-order valence-electron chi connectivity index (χ2n) is 3.32. The molecule has 1 aliphatic rings. The zero-order valence-electron chi connectivity index (χ0n) is 6.97. The predicted octanol–water partition coefficient (Wildman–Crippen LogP) is 0.392. The Bertz CT molecular complexity index is 147. The summed E-state index contributed by atoms with van der Waals surface area (Å²) in [7, 11) is 0. The van der Waals surface area contributed by atoms with Gasteiger partial charge in [0.05, 0.1) is 0 Å². The second kappa shape index (κ2) is 3.72. The fourth-order valence-electron chi connectivity index (χ4n) is 1.65. The van der Waals surface area contributed by atoms with Crippen molar-refractivity contribution < 1.29 is 4.79 Å². The molecule has 0 bridgehead atoms. The minimum atomic E-state index is 0.0594. The number of hydrogen-bond donors (Lipinski definition) is 2. The Balaban J connectivity index is 2.28. The van der Waals surface area contributed by atoms with E-state index in [0.29, 0.717) is 12.1 Å². The Labute approximate surface area is 67.3 Å². The van der Waals surface area contributed by atoms with Gasteiger partial charge in [-0.2, -0.15) is 0 Å². The van der Waals surface area contributed by atoms with Crippen molar-refractivity contribution in [3.05, 3.63) is 0 Å². The minimum Gasteiger partial charge on any atom is -0.354 e. The summed E-state index contributed by atoms with van der Waals surface area (Å²) in [6, 6.07) is 0.622. The molecule has 11 heavy (non-hydrogen) atoms. The zero-order chi connectivity index (χ0) is 8.27. The van der Waals surface area contributed by atoms with Crippen molar-refractivity contribution in [3.8, 4) is 0 Å². The molecule has 1 fully saturated rings. The maximum atomic E-state index is 10.7. The van der Waals surface area contributed by atoms with Crippen molar-refractivity contribution in [2.75, 3.05) is 0 Å². The summed E-state index contributed by atoms with van der Waals surface area (Å²) < 4.78 is 0. The number of carbonyl (C=O) groups is 1. The van der Waals surface area contributed by atoms with Gasteiger partial charge in [-0.05, 0) is 25.7 Å². The van der Waals surface area contributed by atoms with E-state index in [0.717, 1.165) is 25.7 Å². The maximum Gasteiger partial charge on any atom is 0.217 e. The van der Waals surface area contributed by atoms with Crippen molar-refractivity contribution >= 4 is 5.91 Å². The van der Waals surface area contributed by atoms with Gasteiger partial charge in [0.25, 0.3) is 0 Å². The molecule has 0 aromatic rings. The van der Waals surface area contributed by atoms with Crippen LogP contribution in [0.5, 0.6) is 0 Å². The molecule has 1 saturated carbocycles. The van der Waals surface area contributed by atoms with E-state index in [1.807, 2.05) is 0 Å². The molecule has 1 rings (SSSR count). The van der Waals surface area contributed by atoms with Crippen LogP contribution in [0.1, 0.15) is 32.6 Å². The maximum absolute atomic E-state index is 10.7. The number of carbonyl (C=O) groups excluding carboxylic acids is 1. The summed E-state index contributed by atoms with van der Waals surface area (Å²) in [5.74, 6) is 0.0594. The SMILES string of the molecule is CC(=O)N[C@H]1CCC[C@@H](N)C1. The smallest absolute Gasteiger partial charge is 0.217 e. The lowest BCUT2D eigenvalue weighted by Crippen LogP contribution is -2.41. The number of nitrogens with two attached hydrogens (primary N) is 1. The topological polar surface area (TPSA) is 55.1 Å². The Morgan fingerprint density at radius 3 is 2.82 bits per heavy atom. The first kappa shape index (κ1) is 8.53. The van der Waals surface area contributed by atoms with Crippen LogP contribution in [0.2, 0.25) is 0 Å². The van der Waals surface area contributed by atoms with Crippen LogP contribution in [-0.2, 0) is 4.79 Å². The van der Waals surface area contributed by atoms with E-state index in [2.05, 4.69) is 5.32 Å². The van der Waals surface area contributed by atoms with Crippen molar-refractivity contribution in [2.24, 2.45) is 5.73 Å². The van der Waals surface area contributed by atoms with E-state index in [1.165, 1.54) is 0 Å². The van der Waals surface area contributed by atoms with E-state index in [1.54, 1.807) is 6.92 Å². The summed E-state index contributed by atoms with van der Waals surface area (Å²) in [5.41, 5.74) is 5.75. The average Bonchev–Trinajstić information content (AvgIpc) is 1.85. The largest absolute Gasteiger partial charge is 0.354 e. The fourth-order valence-corrected chi connectivity index (χ4v) is 1.65. The highest BCUT2D eigenvalue weighted by Crippen LogP contribution is 2.16. The average molecular weight is 156 g/mol. The quantitative estimate of drug-likeness (QED) is 0.577. The van der Waals surface area contributed by atoms with Crippen LogP contribution in [-0.4, -0.2) is 18.0 Å². The normalized spacial score (nSPS) is 31.5. The van der Waals surface area contributed by atoms with Crippen LogP contribution in [0.4, 0.5) is 0 Å². The van der Waals surface area contributed by atoms with Gasteiger partial charge in [0.1, 0.15) is 0 Å². The molecule has 0 aromatic carbocycles. The molecular weight excluding hydrogens is 140 g/mol. The monoisotopic (exact) mass is 156 g/mol. The van der Waals surface area contributed by atoms with Gasteiger partial charge in [-0.15, -0.1) is 0 Å². The van der Waals surface area contributed by atoms with Gasteiger partial charge < -0.3 is 11.1 Å². The molecule has 0 aromatic heterocycles. The summed E-state index contributed by atoms with van der Waals surface area (Å²) in [4.78, 5) is 10.7. The highest BCUT2D eigenvalue weighted by Gasteiger charge is 2.18. The van der Waals surface area contributed by atoms with Gasteiger partial charge >= 0.3 is 0 Å². The molecule has 3 N–H and O–H groups in total. The first-order valence-electron chi connectivity index (χ1n) is 4.21. The number of amides is 1. The van der Waals surface area contributed by atoms with E-state index in [4.69, 9.17) is 5.73 Å². The van der Waals surface area contributed by atoms with Gasteiger partial charge in [-0.25, -0.2) is 0 Å². The van der Waals surface area contributed by atoms with Gasteiger partial charge in [-0.3, -0.25) is 4.79 Å². The van der Waals surface area contributed by atoms with Crippen molar-refractivity contribution in [3.63, 3.8) is 0 Å². The molecule has 3 heteroatoms. The lowest BCUT2D eigenvalue weighted by molar-refractivity contribution is -0.119. The second-order valence-corrected chi connectivity index (χ2v) is 3.32.